The van der Waals surface area contributed by atoms with Crippen LogP contribution in [0.15, 0.2) is 24.5 Å². The van der Waals surface area contributed by atoms with Crippen LogP contribution in [0.4, 0.5) is 0 Å². The third kappa shape index (κ3) is 0.906. The lowest BCUT2D eigenvalue weighted by Gasteiger charge is -2.08. The Morgan fingerprint density at radius 1 is 1.38 bits per heavy atom. The zero-order chi connectivity index (χ0) is 8.89. The van der Waals surface area contributed by atoms with Gasteiger partial charge in [0.1, 0.15) is 0 Å². The number of nitrogens with two attached hydrogens (primary N) is 1. The minimum atomic E-state index is -0.0886. The molecule has 0 amide bonds. The summed E-state index contributed by atoms with van der Waals surface area (Å²) in [6.45, 7) is 0. The van der Waals surface area contributed by atoms with Crippen LogP contribution in [0.3, 0.4) is 0 Å². The van der Waals surface area contributed by atoms with Crippen LogP contribution in [-0.4, -0.2) is 9.97 Å². The molecule has 0 unspecified atom stereocenters. The van der Waals surface area contributed by atoms with E-state index >= 15 is 0 Å². The number of nitrogens with zero attached hydrogens (tertiary/aromatic N) is 1. The topological polar surface area (TPSA) is 54.7 Å². The molecule has 3 heteroatoms. The molecule has 2 aromatic rings. The zero-order valence-corrected chi connectivity index (χ0v) is 7.25. The largest absolute Gasteiger partial charge is 0.345 e. The fourth-order valence-electron chi connectivity index (χ4n) is 1.77. The van der Waals surface area contributed by atoms with Crippen LogP contribution in [0.2, 0.25) is 0 Å². The van der Waals surface area contributed by atoms with Crippen molar-refractivity contribution in [2.45, 2.75) is 18.4 Å². The van der Waals surface area contributed by atoms with Gasteiger partial charge in [-0.3, -0.25) is 0 Å². The molecule has 0 radical (unpaired) electrons. The lowest BCUT2D eigenvalue weighted by atomic mass is 10.0. The van der Waals surface area contributed by atoms with E-state index in [4.69, 9.17) is 5.73 Å². The van der Waals surface area contributed by atoms with Gasteiger partial charge in [0.05, 0.1) is 17.4 Å². The van der Waals surface area contributed by atoms with Gasteiger partial charge in [-0.05, 0) is 24.5 Å². The molecule has 1 aliphatic carbocycles. The summed E-state index contributed by atoms with van der Waals surface area (Å²) in [4.78, 5) is 7.38. The third-order valence-corrected chi connectivity index (χ3v) is 2.77. The zero-order valence-electron chi connectivity index (χ0n) is 7.25. The van der Waals surface area contributed by atoms with Crippen molar-refractivity contribution >= 4 is 11.0 Å². The fourth-order valence-corrected chi connectivity index (χ4v) is 1.77. The lowest BCUT2D eigenvalue weighted by molar-refractivity contribution is 0.746. The number of benzene rings is 1. The predicted molar refractivity (Wildman–Crippen MR) is 51.2 cm³/mol. The predicted octanol–water partition coefficient (Wildman–Crippen LogP) is 1.51. The molecule has 66 valence electrons. The van der Waals surface area contributed by atoms with Crippen LogP contribution in [0.25, 0.3) is 11.0 Å². The van der Waals surface area contributed by atoms with E-state index in [-0.39, 0.29) is 5.54 Å². The van der Waals surface area contributed by atoms with Crippen LogP contribution >= 0.6 is 0 Å². The summed E-state index contributed by atoms with van der Waals surface area (Å²) in [5.74, 6) is 0. The number of aromatic nitrogens is 2. The Bertz CT molecular complexity index is 454. The molecule has 1 fully saturated rings. The highest BCUT2D eigenvalue weighted by Gasteiger charge is 2.41. The minimum absolute atomic E-state index is 0.0886. The molecule has 1 saturated carbocycles. The smallest absolute Gasteiger partial charge is 0.0933 e. The summed E-state index contributed by atoms with van der Waals surface area (Å²) in [5.41, 5.74) is 9.35. The number of fused-ring (bicyclic) bond motifs is 1. The SMILES string of the molecule is NC1(c2cccc3[nH]cnc23)CC1. The molecule has 3 N–H and O–H groups in total. The number of hydrogen-bond acceptors (Lipinski definition) is 2. The molecule has 0 spiro atoms. The van der Waals surface area contributed by atoms with Crippen molar-refractivity contribution < 1.29 is 0 Å². The normalized spacial score (nSPS) is 19.2. The molecule has 1 aromatic carbocycles. The van der Waals surface area contributed by atoms with E-state index in [1.54, 1.807) is 6.33 Å². The molecule has 1 aromatic heterocycles. The average molecular weight is 173 g/mol. The number of imidazole rings is 1. The van der Waals surface area contributed by atoms with Crippen LogP contribution in [-0.2, 0) is 5.54 Å². The maximum atomic E-state index is 6.14. The van der Waals surface area contributed by atoms with E-state index in [1.165, 1.54) is 5.56 Å². The quantitative estimate of drug-likeness (QED) is 0.686. The van der Waals surface area contributed by atoms with E-state index in [9.17, 15) is 0 Å². The van der Waals surface area contributed by atoms with Crippen LogP contribution in [0, 0.1) is 0 Å². The first-order valence-corrected chi connectivity index (χ1v) is 4.51. The summed E-state index contributed by atoms with van der Waals surface area (Å²) < 4.78 is 0. The van der Waals surface area contributed by atoms with Gasteiger partial charge in [-0.1, -0.05) is 12.1 Å². The monoisotopic (exact) mass is 173 g/mol. The molecule has 0 bridgehead atoms. The molecule has 3 nitrogen and oxygen atoms in total. The number of hydrogen-bond donors (Lipinski definition) is 2. The summed E-state index contributed by atoms with van der Waals surface area (Å²) in [5, 5.41) is 0. The summed E-state index contributed by atoms with van der Waals surface area (Å²) in [7, 11) is 0. The van der Waals surface area contributed by atoms with Crippen molar-refractivity contribution in [2.75, 3.05) is 0 Å². The molecule has 13 heavy (non-hydrogen) atoms. The fraction of sp³-hybridized carbons (Fsp3) is 0.300. The van der Waals surface area contributed by atoms with Gasteiger partial charge in [0, 0.05) is 5.54 Å². The maximum absolute atomic E-state index is 6.14. The van der Waals surface area contributed by atoms with Gasteiger partial charge in [0.15, 0.2) is 0 Å². The Morgan fingerprint density at radius 3 is 3.00 bits per heavy atom. The van der Waals surface area contributed by atoms with Crippen molar-refractivity contribution in [1.29, 1.82) is 0 Å². The number of nitrogens with one attached hydrogen (secondary N) is 1. The van der Waals surface area contributed by atoms with Crippen molar-refractivity contribution in [3.8, 4) is 0 Å². The first-order valence-electron chi connectivity index (χ1n) is 4.51. The van der Waals surface area contributed by atoms with Gasteiger partial charge < -0.3 is 10.7 Å². The molecule has 0 aliphatic heterocycles. The molecule has 3 rings (SSSR count). The van der Waals surface area contributed by atoms with E-state index < -0.39 is 0 Å². The summed E-state index contributed by atoms with van der Waals surface area (Å²) in [6, 6.07) is 6.14. The first-order chi connectivity index (χ1) is 6.30. The van der Waals surface area contributed by atoms with Gasteiger partial charge in [0.2, 0.25) is 0 Å². The van der Waals surface area contributed by atoms with Gasteiger partial charge in [-0.2, -0.15) is 0 Å². The molecule has 1 heterocycles. The highest BCUT2D eigenvalue weighted by atomic mass is 14.9. The Morgan fingerprint density at radius 2 is 2.23 bits per heavy atom. The van der Waals surface area contributed by atoms with Crippen molar-refractivity contribution in [3.05, 3.63) is 30.1 Å². The summed E-state index contributed by atoms with van der Waals surface area (Å²) in [6.07, 6.45) is 3.89. The van der Waals surface area contributed by atoms with Gasteiger partial charge in [-0.15, -0.1) is 0 Å². The molecule has 1 aliphatic rings. The highest BCUT2D eigenvalue weighted by Crippen LogP contribution is 2.44. The Hall–Kier alpha value is -1.35. The highest BCUT2D eigenvalue weighted by molar-refractivity contribution is 5.79. The van der Waals surface area contributed by atoms with Crippen LogP contribution in [0.1, 0.15) is 18.4 Å². The van der Waals surface area contributed by atoms with Crippen LogP contribution in [0.5, 0.6) is 0 Å². The number of H-pyrrole nitrogens is 1. The standard InChI is InChI=1S/C10H11N3/c11-10(4-5-10)7-2-1-3-8-9(7)13-6-12-8/h1-3,6H,4-5,11H2,(H,12,13). The number of rotatable bonds is 1. The second kappa shape index (κ2) is 2.12. The van der Waals surface area contributed by atoms with Crippen molar-refractivity contribution in [2.24, 2.45) is 5.73 Å². The van der Waals surface area contributed by atoms with E-state index in [0.717, 1.165) is 23.9 Å². The molecule has 0 atom stereocenters. The van der Waals surface area contributed by atoms with E-state index in [1.807, 2.05) is 12.1 Å². The van der Waals surface area contributed by atoms with E-state index in [0.29, 0.717) is 0 Å². The van der Waals surface area contributed by atoms with Gasteiger partial charge in [0.25, 0.3) is 0 Å². The van der Waals surface area contributed by atoms with Gasteiger partial charge >= 0.3 is 0 Å². The Balaban J connectivity index is 2.33. The number of para-hydroxylation sites is 1. The second-order valence-electron chi connectivity index (χ2n) is 3.76. The van der Waals surface area contributed by atoms with Crippen molar-refractivity contribution in [3.63, 3.8) is 0 Å². The molecular weight excluding hydrogens is 162 g/mol. The average Bonchev–Trinajstić information content (AvgIpc) is 2.72. The third-order valence-electron chi connectivity index (χ3n) is 2.77. The van der Waals surface area contributed by atoms with E-state index in [2.05, 4.69) is 16.0 Å². The van der Waals surface area contributed by atoms with Crippen LogP contribution < -0.4 is 5.73 Å². The summed E-state index contributed by atoms with van der Waals surface area (Å²) >= 11 is 0. The second-order valence-corrected chi connectivity index (χ2v) is 3.76. The molecular formula is C10H11N3. The van der Waals surface area contributed by atoms with Gasteiger partial charge in [-0.25, -0.2) is 4.98 Å². The first kappa shape index (κ1) is 7.09. The Labute approximate surface area is 76.0 Å². The van der Waals surface area contributed by atoms with Crippen molar-refractivity contribution in [1.82, 2.24) is 9.97 Å². The maximum Gasteiger partial charge on any atom is 0.0933 e. The minimum Gasteiger partial charge on any atom is -0.345 e. The number of aromatic amines is 1. The Kier molecular flexibility index (Phi) is 1.15. The molecule has 0 saturated heterocycles. The lowest BCUT2D eigenvalue weighted by Crippen LogP contribution is -2.18.